The summed E-state index contributed by atoms with van der Waals surface area (Å²) in [5, 5.41) is 3.39. The van der Waals surface area contributed by atoms with Crippen LogP contribution in [0.4, 0.5) is 4.39 Å². The minimum atomic E-state index is -0.260. The summed E-state index contributed by atoms with van der Waals surface area (Å²) < 4.78 is 19.8. The van der Waals surface area contributed by atoms with Gasteiger partial charge >= 0.3 is 0 Å². The largest absolute Gasteiger partial charge is 0.464 e. The maximum atomic E-state index is 13.7. The van der Waals surface area contributed by atoms with Gasteiger partial charge in [-0.3, -0.25) is 0 Å². The zero-order valence-electron chi connectivity index (χ0n) is 11.0. The van der Waals surface area contributed by atoms with Crippen molar-refractivity contribution in [1.29, 1.82) is 0 Å². The average Bonchev–Trinajstić information content (AvgIpc) is 2.80. The molecule has 0 saturated heterocycles. The fraction of sp³-hybridized carbons (Fsp3) is 0.333. The van der Waals surface area contributed by atoms with E-state index in [2.05, 4.69) is 28.2 Å². The molecule has 0 amide bonds. The van der Waals surface area contributed by atoms with Crippen molar-refractivity contribution in [3.8, 4) is 0 Å². The number of rotatable bonds is 5. The van der Waals surface area contributed by atoms with Gasteiger partial charge in [0, 0.05) is 0 Å². The molecule has 0 aliphatic rings. The Labute approximate surface area is 121 Å². The molecule has 4 heteroatoms. The normalized spacial score (nSPS) is 12.6. The molecule has 0 aliphatic heterocycles. The van der Waals surface area contributed by atoms with Crippen molar-refractivity contribution in [2.45, 2.75) is 26.3 Å². The van der Waals surface area contributed by atoms with Crippen molar-refractivity contribution in [3.63, 3.8) is 0 Å². The van der Waals surface area contributed by atoms with Crippen LogP contribution in [0.25, 0.3) is 0 Å². The van der Waals surface area contributed by atoms with E-state index in [1.165, 1.54) is 6.07 Å². The molecule has 0 aliphatic carbocycles. The van der Waals surface area contributed by atoms with Gasteiger partial charge in [-0.05, 0) is 65.6 Å². The van der Waals surface area contributed by atoms with Crippen molar-refractivity contribution >= 4 is 15.9 Å². The predicted molar refractivity (Wildman–Crippen MR) is 77.7 cm³/mol. The highest BCUT2D eigenvalue weighted by Gasteiger charge is 2.18. The first-order chi connectivity index (χ1) is 9.11. The van der Waals surface area contributed by atoms with E-state index in [9.17, 15) is 4.39 Å². The summed E-state index contributed by atoms with van der Waals surface area (Å²) in [6.45, 7) is 4.85. The minimum absolute atomic E-state index is 0.115. The van der Waals surface area contributed by atoms with Crippen LogP contribution in [0, 0.1) is 12.7 Å². The van der Waals surface area contributed by atoms with Crippen molar-refractivity contribution in [2.75, 3.05) is 6.54 Å². The van der Waals surface area contributed by atoms with E-state index in [0.717, 1.165) is 30.0 Å². The summed E-state index contributed by atoms with van der Waals surface area (Å²) in [4.78, 5) is 0. The van der Waals surface area contributed by atoms with Crippen LogP contribution < -0.4 is 5.32 Å². The van der Waals surface area contributed by atoms with Gasteiger partial charge in [-0.2, -0.15) is 0 Å². The second-order valence-corrected chi connectivity index (χ2v) is 5.36. The molecule has 1 atom stereocenters. The fourth-order valence-corrected chi connectivity index (χ4v) is 2.22. The summed E-state index contributed by atoms with van der Waals surface area (Å²) in [5.74, 6) is 1.41. The molecule has 2 rings (SSSR count). The smallest absolute Gasteiger partial charge is 0.137 e. The number of hydrogen-bond acceptors (Lipinski definition) is 2. The van der Waals surface area contributed by atoms with E-state index in [1.807, 2.05) is 25.1 Å². The van der Waals surface area contributed by atoms with Crippen molar-refractivity contribution in [1.82, 2.24) is 5.32 Å². The topological polar surface area (TPSA) is 25.2 Å². The molecule has 1 heterocycles. The molecule has 2 aromatic rings. The summed E-state index contributed by atoms with van der Waals surface area (Å²) in [6, 6.07) is 8.90. The van der Waals surface area contributed by atoms with Gasteiger partial charge in [-0.15, -0.1) is 0 Å². The average molecular weight is 326 g/mol. The predicted octanol–water partition coefficient (Wildman–Crippen LogP) is 4.58. The third-order valence-corrected chi connectivity index (χ3v) is 3.56. The Morgan fingerprint density at radius 2 is 2.11 bits per heavy atom. The molecule has 1 aromatic carbocycles. The van der Waals surface area contributed by atoms with Crippen molar-refractivity contribution in [2.24, 2.45) is 0 Å². The van der Waals surface area contributed by atoms with E-state index in [0.29, 0.717) is 4.47 Å². The van der Waals surface area contributed by atoms with Crippen LogP contribution in [-0.4, -0.2) is 6.54 Å². The molecule has 0 saturated carbocycles. The lowest BCUT2D eigenvalue weighted by molar-refractivity contribution is 0.429. The standard InChI is InChI=1S/C15H17BrFNO/c1-3-8-18-15(14-7-4-10(2)19-14)11-5-6-12(16)13(17)9-11/h4-7,9,15,18H,3,8H2,1-2H3. The van der Waals surface area contributed by atoms with E-state index in [1.54, 1.807) is 6.07 Å². The van der Waals surface area contributed by atoms with Gasteiger partial charge in [-0.25, -0.2) is 4.39 Å². The number of benzene rings is 1. The van der Waals surface area contributed by atoms with E-state index < -0.39 is 0 Å². The van der Waals surface area contributed by atoms with Gasteiger partial charge in [0.15, 0.2) is 0 Å². The third-order valence-electron chi connectivity index (χ3n) is 2.92. The molecular formula is C15H17BrFNO. The Hall–Kier alpha value is -1.13. The van der Waals surface area contributed by atoms with Gasteiger partial charge in [0.25, 0.3) is 0 Å². The van der Waals surface area contributed by atoms with E-state index in [4.69, 9.17) is 4.42 Å². The van der Waals surface area contributed by atoms with Gasteiger partial charge in [-0.1, -0.05) is 13.0 Å². The second-order valence-electron chi connectivity index (χ2n) is 4.51. The summed E-state index contributed by atoms with van der Waals surface area (Å²) in [6.07, 6.45) is 1.01. The van der Waals surface area contributed by atoms with Crippen LogP contribution in [0.15, 0.2) is 39.2 Å². The van der Waals surface area contributed by atoms with Crippen LogP contribution in [-0.2, 0) is 0 Å². The van der Waals surface area contributed by atoms with Gasteiger partial charge in [0.05, 0.1) is 10.5 Å². The lowest BCUT2D eigenvalue weighted by atomic mass is 10.0. The number of halogens is 2. The van der Waals surface area contributed by atoms with Crippen molar-refractivity contribution < 1.29 is 8.81 Å². The summed E-state index contributed by atoms with van der Waals surface area (Å²) >= 11 is 3.17. The summed E-state index contributed by atoms with van der Waals surface area (Å²) in [7, 11) is 0. The Kier molecular flexibility index (Phi) is 4.77. The number of nitrogens with one attached hydrogen (secondary N) is 1. The van der Waals surface area contributed by atoms with Gasteiger partial charge in [0.2, 0.25) is 0 Å². The number of hydrogen-bond donors (Lipinski definition) is 1. The fourth-order valence-electron chi connectivity index (χ4n) is 1.97. The van der Waals surface area contributed by atoms with E-state index in [-0.39, 0.29) is 11.9 Å². The number of aryl methyl sites for hydroxylation is 1. The molecule has 2 nitrogen and oxygen atoms in total. The maximum absolute atomic E-state index is 13.7. The zero-order valence-corrected chi connectivity index (χ0v) is 12.6. The Morgan fingerprint density at radius 1 is 1.32 bits per heavy atom. The number of furan rings is 1. The molecular weight excluding hydrogens is 309 g/mol. The molecule has 1 N–H and O–H groups in total. The lowest BCUT2D eigenvalue weighted by Gasteiger charge is -2.17. The quantitative estimate of drug-likeness (QED) is 0.870. The molecule has 0 radical (unpaired) electrons. The van der Waals surface area contributed by atoms with Crippen LogP contribution in [0.3, 0.4) is 0 Å². The Balaban J connectivity index is 2.33. The first kappa shape index (κ1) is 14.3. The molecule has 0 bridgehead atoms. The first-order valence-electron chi connectivity index (χ1n) is 6.36. The van der Waals surface area contributed by atoms with Gasteiger partial charge < -0.3 is 9.73 Å². The molecule has 1 aromatic heterocycles. The third kappa shape index (κ3) is 3.45. The highest BCUT2D eigenvalue weighted by Crippen LogP contribution is 2.27. The molecule has 102 valence electrons. The second kappa shape index (κ2) is 6.35. The zero-order chi connectivity index (χ0) is 13.8. The first-order valence-corrected chi connectivity index (χ1v) is 7.15. The van der Waals surface area contributed by atoms with Crippen LogP contribution in [0.2, 0.25) is 0 Å². The molecule has 19 heavy (non-hydrogen) atoms. The maximum Gasteiger partial charge on any atom is 0.137 e. The Morgan fingerprint density at radius 3 is 2.68 bits per heavy atom. The Bertz CT molecular complexity index is 553. The SMILES string of the molecule is CCCNC(c1ccc(Br)c(F)c1)c1ccc(C)o1. The van der Waals surface area contributed by atoms with E-state index >= 15 is 0 Å². The minimum Gasteiger partial charge on any atom is -0.464 e. The molecule has 1 unspecified atom stereocenters. The highest BCUT2D eigenvalue weighted by molar-refractivity contribution is 9.10. The van der Waals surface area contributed by atoms with Crippen LogP contribution in [0.1, 0.15) is 36.5 Å². The van der Waals surface area contributed by atoms with Crippen LogP contribution in [0.5, 0.6) is 0 Å². The van der Waals surface area contributed by atoms with Crippen LogP contribution >= 0.6 is 15.9 Å². The van der Waals surface area contributed by atoms with Gasteiger partial charge in [0.1, 0.15) is 17.3 Å². The monoisotopic (exact) mass is 325 g/mol. The molecule has 0 spiro atoms. The van der Waals surface area contributed by atoms with Crippen molar-refractivity contribution in [3.05, 3.63) is 57.7 Å². The molecule has 0 fully saturated rings. The summed E-state index contributed by atoms with van der Waals surface area (Å²) in [5.41, 5.74) is 0.864. The highest BCUT2D eigenvalue weighted by atomic mass is 79.9. The lowest BCUT2D eigenvalue weighted by Crippen LogP contribution is -2.22.